The van der Waals surface area contributed by atoms with Gasteiger partial charge in [-0.25, -0.2) is 4.39 Å². The van der Waals surface area contributed by atoms with Crippen LogP contribution in [0.3, 0.4) is 0 Å². The predicted molar refractivity (Wildman–Crippen MR) is 60.7 cm³/mol. The lowest BCUT2D eigenvalue weighted by molar-refractivity contribution is -0.179. The molecule has 1 aliphatic rings. The third-order valence-electron chi connectivity index (χ3n) is 3.07. The monoisotopic (exact) mass is 258 g/mol. The van der Waals surface area contributed by atoms with Crippen LogP contribution in [0.5, 0.6) is 0 Å². The first-order chi connectivity index (χ1) is 7.94. The van der Waals surface area contributed by atoms with Crippen LogP contribution in [0.1, 0.15) is 11.1 Å². The van der Waals surface area contributed by atoms with E-state index in [1.165, 1.54) is 12.1 Å². The SMILES string of the molecule is Cc1cc(Cl)c(CC2(C(=O)O)COC2)cc1F. The summed E-state index contributed by atoms with van der Waals surface area (Å²) in [5.41, 5.74) is 0.0131. The van der Waals surface area contributed by atoms with Crippen LogP contribution in [0.15, 0.2) is 12.1 Å². The summed E-state index contributed by atoms with van der Waals surface area (Å²) < 4.78 is 18.4. The number of carboxylic acids is 1. The highest BCUT2D eigenvalue weighted by molar-refractivity contribution is 6.31. The zero-order valence-corrected chi connectivity index (χ0v) is 10.1. The largest absolute Gasteiger partial charge is 0.481 e. The van der Waals surface area contributed by atoms with Crippen LogP contribution in [0.25, 0.3) is 0 Å². The lowest BCUT2D eigenvalue weighted by Gasteiger charge is -2.37. The Hall–Kier alpha value is -1.13. The van der Waals surface area contributed by atoms with Gasteiger partial charge in [-0.05, 0) is 36.6 Å². The van der Waals surface area contributed by atoms with E-state index in [1.807, 2.05) is 0 Å². The van der Waals surface area contributed by atoms with E-state index in [2.05, 4.69) is 0 Å². The highest BCUT2D eigenvalue weighted by atomic mass is 35.5. The zero-order chi connectivity index (χ0) is 12.6. The molecule has 0 aromatic heterocycles. The molecule has 0 unspecified atom stereocenters. The summed E-state index contributed by atoms with van der Waals surface area (Å²) in [5, 5.41) is 9.54. The van der Waals surface area contributed by atoms with Gasteiger partial charge in [0.05, 0.1) is 13.2 Å². The van der Waals surface area contributed by atoms with Crippen molar-refractivity contribution in [2.45, 2.75) is 13.3 Å². The molecule has 1 aromatic rings. The number of rotatable bonds is 3. The number of benzene rings is 1. The van der Waals surface area contributed by atoms with Gasteiger partial charge in [-0.15, -0.1) is 0 Å². The first kappa shape index (κ1) is 12.3. The molecule has 0 bridgehead atoms. The smallest absolute Gasteiger partial charge is 0.314 e. The van der Waals surface area contributed by atoms with Crippen LogP contribution in [0.4, 0.5) is 4.39 Å². The Labute approximate surface area is 103 Å². The van der Waals surface area contributed by atoms with E-state index in [0.29, 0.717) is 16.1 Å². The van der Waals surface area contributed by atoms with Crippen molar-refractivity contribution in [3.63, 3.8) is 0 Å². The molecule has 1 aliphatic heterocycles. The van der Waals surface area contributed by atoms with E-state index >= 15 is 0 Å². The van der Waals surface area contributed by atoms with Gasteiger partial charge in [0.2, 0.25) is 0 Å². The second-order valence-corrected chi connectivity index (χ2v) is 4.86. The summed E-state index contributed by atoms with van der Waals surface area (Å²) in [6.07, 6.45) is 0.193. The number of aryl methyl sites for hydroxylation is 1. The van der Waals surface area contributed by atoms with E-state index < -0.39 is 11.4 Å². The summed E-state index contributed by atoms with van der Waals surface area (Å²) in [5.74, 6) is -1.30. The summed E-state index contributed by atoms with van der Waals surface area (Å²) in [6, 6.07) is 2.82. The van der Waals surface area contributed by atoms with Gasteiger partial charge in [0, 0.05) is 5.02 Å². The summed E-state index contributed by atoms with van der Waals surface area (Å²) in [6.45, 7) is 1.91. The van der Waals surface area contributed by atoms with Crippen LogP contribution in [-0.2, 0) is 16.0 Å². The fourth-order valence-electron chi connectivity index (χ4n) is 1.84. The number of hydrogen-bond acceptors (Lipinski definition) is 2. The maximum Gasteiger partial charge on any atom is 0.314 e. The van der Waals surface area contributed by atoms with E-state index in [1.54, 1.807) is 6.92 Å². The van der Waals surface area contributed by atoms with Crippen LogP contribution in [0.2, 0.25) is 5.02 Å². The number of carbonyl (C=O) groups is 1. The second kappa shape index (κ2) is 4.27. The minimum absolute atomic E-state index is 0.147. The minimum atomic E-state index is -0.953. The average Bonchev–Trinajstić information content (AvgIpc) is 2.18. The topological polar surface area (TPSA) is 46.5 Å². The van der Waals surface area contributed by atoms with Gasteiger partial charge in [0.25, 0.3) is 0 Å². The zero-order valence-electron chi connectivity index (χ0n) is 9.30. The molecule has 5 heteroatoms. The van der Waals surface area contributed by atoms with Crippen molar-refractivity contribution in [1.29, 1.82) is 0 Å². The highest BCUT2D eigenvalue weighted by Gasteiger charge is 2.46. The molecule has 2 rings (SSSR count). The van der Waals surface area contributed by atoms with Gasteiger partial charge in [-0.2, -0.15) is 0 Å². The number of carboxylic acid groups (broad SMARTS) is 1. The first-order valence-electron chi connectivity index (χ1n) is 5.20. The van der Waals surface area contributed by atoms with Crippen molar-refractivity contribution >= 4 is 17.6 Å². The van der Waals surface area contributed by atoms with Crippen molar-refractivity contribution in [1.82, 2.24) is 0 Å². The van der Waals surface area contributed by atoms with E-state index in [9.17, 15) is 9.18 Å². The Morgan fingerprint density at radius 2 is 2.24 bits per heavy atom. The molecule has 0 radical (unpaired) electrons. The second-order valence-electron chi connectivity index (χ2n) is 4.45. The molecule has 1 N–H and O–H groups in total. The summed E-state index contributed by atoms with van der Waals surface area (Å²) in [7, 11) is 0. The molecule has 0 amide bonds. The average molecular weight is 259 g/mol. The van der Waals surface area contributed by atoms with Gasteiger partial charge in [0.1, 0.15) is 11.2 Å². The first-order valence-corrected chi connectivity index (χ1v) is 5.58. The number of hydrogen-bond donors (Lipinski definition) is 1. The molecule has 0 aliphatic carbocycles. The van der Waals surface area contributed by atoms with Crippen molar-refractivity contribution < 1.29 is 19.0 Å². The third kappa shape index (κ3) is 2.15. The predicted octanol–water partition coefficient (Wildman–Crippen LogP) is 2.43. The summed E-state index contributed by atoms with van der Waals surface area (Å²) >= 11 is 5.99. The number of aliphatic carboxylic acids is 1. The molecular formula is C12H12ClFO3. The van der Waals surface area contributed by atoms with Crippen molar-refractivity contribution in [3.05, 3.63) is 34.1 Å². The van der Waals surface area contributed by atoms with E-state index in [4.69, 9.17) is 21.4 Å². The lowest BCUT2D eigenvalue weighted by Crippen LogP contribution is -2.50. The van der Waals surface area contributed by atoms with Gasteiger partial charge >= 0.3 is 5.97 Å². The van der Waals surface area contributed by atoms with Gasteiger partial charge in [-0.3, -0.25) is 4.79 Å². The summed E-state index contributed by atoms with van der Waals surface area (Å²) in [4.78, 5) is 11.2. The van der Waals surface area contributed by atoms with Crippen molar-refractivity contribution in [3.8, 4) is 0 Å². The van der Waals surface area contributed by atoms with Gasteiger partial charge < -0.3 is 9.84 Å². The molecule has 0 spiro atoms. The Bertz CT molecular complexity index is 469. The maximum absolute atomic E-state index is 13.4. The quantitative estimate of drug-likeness (QED) is 0.906. The molecule has 3 nitrogen and oxygen atoms in total. The molecule has 1 saturated heterocycles. The molecule has 1 aromatic carbocycles. The van der Waals surface area contributed by atoms with Crippen LogP contribution in [-0.4, -0.2) is 24.3 Å². The molecule has 0 saturated carbocycles. The molecule has 0 atom stereocenters. The Morgan fingerprint density at radius 3 is 2.71 bits per heavy atom. The number of ether oxygens (including phenoxy) is 1. The maximum atomic E-state index is 13.4. The standard InChI is InChI=1S/C12H12ClFO3/c1-7-2-9(13)8(3-10(7)14)4-12(11(15)16)5-17-6-12/h2-3H,4-6H2,1H3,(H,15,16). The fraction of sp³-hybridized carbons (Fsp3) is 0.417. The molecule has 1 heterocycles. The fourth-order valence-corrected chi connectivity index (χ4v) is 2.12. The van der Waals surface area contributed by atoms with Gasteiger partial charge in [0.15, 0.2) is 0 Å². The molecular weight excluding hydrogens is 247 g/mol. The molecule has 17 heavy (non-hydrogen) atoms. The van der Waals surface area contributed by atoms with Gasteiger partial charge in [-0.1, -0.05) is 11.6 Å². The van der Waals surface area contributed by atoms with Crippen molar-refractivity contribution in [2.24, 2.45) is 5.41 Å². The van der Waals surface area contributed by atoms with E-state index in [0.717, 1.165) is 0 Å². The van der Waals surface area contributed by atoms with Crippen molar-refractivity contribution in [2.75, 3.05) is 13.2 Å². The third-order valence-corrected chi connectivity index (χ3v) is 3.42. The van der Waals surface area contributed by atoms with Crippen LogP contribution >= 0.6 is 11.6 Å². The normalized spacial score (nSPS) is 17.6. The number of halogens is 2. The Morgan fingerprint density at radius 1 is 1.59 bits per heavy atom. The van der Waals surface area contributed by atoms with Crippen LogP contribution in [0, 0.1) is 18.2 Å². The Kier molecular flexibility index (Phi) is 3.10. The lowest BCUT2D eigenvalue weighted by atomic mass is 9.80. The van der Waals surface area contributed by atoms with Crippen LogP contribution < -0.4 is 0 Å². The molecule has 1 fully saturated rings. The van der Waals surface area contributed by atoms with E-state index in [-0.39, 0.29) is 25.5 Å². The minimum Gasteiger partial charge on any atom is -0.481 e. The Balaban J connectivity index is 2.30. The highest BCUT2D eigenvalue weighted by Crippen LogP contribution is 2.35. The molecule has 92 valence electrons.